The number of benzene rings is 2. The molecule has 0 bridgehead atoms. The number of nitrogens with zero attached hydrogens (tertiary/aromatic N) is 3. The van der Waals surface area contributed by atoms with E-state index in [1.165, 1.54) is 0 Å². The van der Waals surface area contributed by atoms with Crippen molar-refractivity contribution in [2.24, 2.45) is 7.05 Å². The van der Waals surface area contributed by atoms with E-state index < -0.39 is 6.10 Å². The van der Waals surface area contributed by atoms with Crippen molar-refractivity contribution in [3.05, 3.63) is 60.2 Å². The van der Waals surface area contributed by atoms with Crippen LogP contribution in [0.4, 0.5) is 0 Å². The van der Waals surface area contributed by atoms with Gasteiger partial charge in [-0.2, -0.15) is 5.10 Å². The van der Waals surface area contributed by atoms with Crippen molar-refractivity contribution in [3.8, 4) is 28.6 Å². The summed E-state index contributed by atoms with van der Waals surface area (Å²) in [5, 5.41) is 15.7. The molecule has 2 atom stereocenters. The highest BCUT2D eigenvalue weighted by molar-refractivity contribution is 5.65. The molecule has 1 N–H and O–H groups in total. The molecule has 0 saturated heterocycles. The molecule has 3 rings (SSSR count). The second-order valence-corrected chi connectivity index (χ2v) is 10.2. The second kappa shape index (κ2) is 12.4. The van der Waals surface area contributed by atoms with Gasteiger partial charge in [0.25, 0.3) is 0 Å². The van der Waals surface area contributed by atoms with Crippen molar-refractivity contribution < 1.29 is 19.3 Å². The maximum absolute atomic E-state index is 10.8. The Morgan fingerprint density at radius 1 is 1.03 bits per heavy atom. The summed E-state index contributed by atoms with van der Waals surface area (Å²) in [6.07, 6.45) is 0.337. The van der Waals surface area contributed by atoms with Crippen LogP contribution >= 0.6 is 0 Å². The van der Waals surface area contributed by atoms with Crippen molar-refractivity contribution in [2.75, 3.05) is 20.3 Å². The molecule has 1 aromatic heterocycles. The predicted octanol–water partition coefficient (Wildman–Crippen LogP) is 5.66. The lowest BCUT2D eigenvalue weighted by atomic mass is 10.1. The summed E-state index contributed by atoms with van der Waals surface area (Å²) in [4.78, 5) is 2.28. The molecular formula is C29H41N3O4. The van der Waals surface area contributed by atoms with Crippen LogP contribution in [-0.4, -0.2) is 57.8 Å². The molecule has 0 aliphatic rings. The van der Waals surface area contributed by atoms with Crippen molar-refractivity contribution in [2.45, 2.75) is 65.3 Å². The lowest BCUT2D eigenvalue weighted by Gasteiger charge is -2.31. The Morgan fingerprint density at radius 3 is 2.25 bits per heavy atom. The molecular weight excluding hydrogens is 454 g/mol. The van der Waals surface area contributed by atoms with Gasteiger partial charge in [-0.1, -0.05) is 37.3 Å². The normalized spacial score (nSPS) is 13.6. The molecule has 3 aromatic rings. The molecule has 0 aliphatic carbocycles. The van der Waals surface area contributed by atoms with Crippen molar-refractivity contribution in [3.63, 3.8) is 0 Å². The van der Waals surface area contributed by atoms with Crippen LogP contribution in [0.1, 0.15) is 46.6 Å². The van der Waals surface area contributed by atoms with E-state index in [1.54, 1.807) is 11.8 Å². The first kappa shape index (κ1) is 27.7. The summed E-state index contributed by atoms with van der Waals surface area (Å²) in [5.41, 5.74) is 2.57. The molecule has 0 amide bonds. The summed E-state index contributed by atoms with van der Waals surface area (Å²) < 4.78 is 19.3. The molecule has 0 saturated carbocycles. The Kier molecular flexibility index (Phi) is 9.54. The number of aliphatic hydroxyl groups is 1. The molecule has 196 valence electrons. The number of rotatable bonds is 12. The fourth-order valence-electron chi connectivity index (χ4n) is 3.94. The Bertz CT molecular complexity index is 1070. The largest absolute Gasteiger partial charge is 0.497 e. The summed E-state index contributed by atoms with van der Waals surface area (Å²) >= 11 is 0. The second-order valence-electron chi connectivity index (χ2n) is 10.2. The Balaban J connectivity index is 1.95. The maximum atomic E-state index is 10.8. The first-order valence-corrected chi connectivity index (χ1v) is 12.6. The molecule has 7 nitrogen and oxygen atoms in total. The summed E-state index contributed by atoms with van der Waals surface area (Å²) in [6, 6.07) is 17.9. The van der Waals surface area contributed by atoms with Gasteiger partial charge in [0.2, 0.25) is 5.88 Å². The van der Waals surface area contributed by atoms with E-state index in [0.29, 0.717) is 24.7 Å². The molecule has 0 radical (unpaired) electrons. The van der Waals surface area contributed by atoms with Crippen LogP contribution in [0.5, 0.6) is 17.4 Å². The van der Waals surface area contributed by atoms with Gasteiger partial charge >= 0.3 is 0 Å². The van der Waals surface area contributed by atoms with E-state index in [-0.39, 0.29) is 18.2 Å². The highest BCUT2D eigenvalue weighted by Crippen LogP contribution is 2.35. The average Bonchev–Trinajstić information content (AvgIpc) is 3.17. The van der Waals surface area contributed by atoms with Crippen molar-refractivity contribution in [1.29, 1.82) is 0 Å². The lowest BCUT2D eigenvalue weighted by Crippen LogP contribution is -2.41. The van der Waals surface area contributed by atoms with E-state index in [2.05, 4.69) is 30.9 Å². The van der Waals surface area contributed by atoms with Gasteiger partial charge in [-0.3, -0.25) is 4.90 Å². The van der Waals surface area contributed by atoms with Crippen LogP contribution in [0.2, 0.25) is 0 Å². The molecule has 0 aliphatic heterocycles. The van der Waals surface area contributed by atoms with Gasteiger partial charge in [-0.05, 0) is 58.4 Å². The molecule has 2 aromatic carbocycles. The van der Waals surface area contributed by atoms with E-state index in [4.69, 9.17) is 19.3 Å². The third-order valence-electron chi connectivity index (χ3n) is 6.14. The maximum Gasteiger partial charge on any atom is 0.222 e. The first-order valence-electron chi connectivity index (χ1n) is 12.6. The van der Waals surface area contributed by atoms with E-state index in [0.717, 1.165) is 29.0 Å². The standard InChI is InChI=1S/C29H41N3O4/c1-8-21(2)32(18-23(33)20-35-29(3,4)5)19-26-27(22-12-10-9-11-13-22)30-31(6)28(26)36-25-16-14-24(34-7)15-17-25/h9-17,21,23,33H,8,18-20H2,1-7H3/t21-,23-/m1/s1. The monoisotopic (exact) mass is 495 g/mol. The van der Waals surface area contributed by atoms with E-state index >= 15 is 0 Å². The zero-order chi connectivity index (χ0) is 26.3. The van der Waals surface area contributed by atoms with Gasteiger partial charge in [0.05, 0.1) is 31.0 Å². The average molecular weight is 496 g/mol. The smallest absolute Gasteiger partial charge is 0.222 e. The Morgan fingerprint density at radius 2 is 1.67 bits per heavy atom. The molecule has 0 spiro atoms. The van der Waals surface area contributed by atoms with Crippen LogP contribution in [0.3, 0.4) is 0 Å². The van der Waals surface area contributed by atoms with Gasteiger partial charge < -0.3 is 19.3 Å². The Labute approximate surface area is 215 Å². The number of hydrogen-bond donors (Lipinski definition) is 1. The number of aliphatic hydroxyl groups excluding tert-OH is 1. The zero-order valence-electron chi connectivity index (χ0n) is 22.7. The summed E-state index contributed by atoms with van der Waals surface area (Å²) in [5.74, 6) is 2.15. The van der Waals surface area contributed by atoms with Gasteiger partial charge in [0.15, 0.2) is 0 Å². The van der Waals surface area contributed by atoms with Crippen LogP contribution in [0, 0.1) is 0 Å². The third-order valence-corrected chi connectivity index (χ3v) is 6.14. The van der Waals surface area contributed by atoms with Crippen molar-refractivity contribution in [1.82, 2.24) is 14.7 Å². The minimum atomic E-state index is -0.610. The number of aryl methyl sites for hydroxylation is 1. The molecule has 0 fully saturated rings. The minimum absolute atomic E-state index is 0.243. The molecule has 0 unspecified atom stereocenters. The van der Waals surface area contributed by atoms with E-state index in [1.807, 2.05) is 70.3 Å². The lowest BCUT2D eigenvalue weighted by molar-refractivity contribution is -0.0593. The van der Waals surface area contributed by atoms with E-state index in [9.17, 15) is 5.11 Å². The summed E-state index contributed by atoms with van der Waals surface area (Å²) in [7, 11) is 3.54. The zero-order valence-corrected chi connectivity index (χ0v) is 22.7. The van der Waals surface area contributed by atoms with Crippen molar-refractivity contribution >= 4 is 0 Å². The van der Waals surface area contributed by atoms with Crippen LogP contribution < -0.4 is 9.47 Å². The number of hydrogen-bond acceptors (Lipinski definition) is 6. The third kappa shape index (κ3) is 7.56. The van der Waals surface area contributed by atoms with Gasteiger partial charge in [0.1, 0.15) is 17.2 Å². The number of methoxy groups -OCH3 is 1. The fourth-order valence-corrected chi connectivity index (χ4v) is 3.94. The fraction of sp³-hybridized carbons (Fsp3) is 0.483. The quantitative estimate of drug-likeness (QED) is 0.349. The summed E-state index contributed by atoms with van der Waals surface area (Å²) in [6.45, 7) is 11.7. The molecule has 1 heterocycles. The van der Waals surface area contributed by atoms with Crippen LogP contribution in [0.15, 0.2) is 54.6 Å². The molecule has 7 heteroatoms. The predicted molar refractivity (Wildman–Crippen MR) is 144 cm³/mol. The van der Waals surface area contributed by atoms with Crippen LogP contribution in [-0.2, 0) is 18.3 Å². The minimum Gasteiger partial charge on any atom is -0.497 e. The highest BCUT2D eigenvalue weighted by Gasteiger charge is 2.26. The van der Waals surface area contributed by atoms with Gasteiger partial charge in [-0.15, -0.1) is 0 Å². The Hall–Kier alpha value is -2.87. The molecule has 36 heavy (non-hydrogen) atoms. The van der Waals surface area contributed by atoms with Gasteiger partial charge in [0, 0.05) is 31.7 Å². The number of ether oxygens (including phenoxy) is 3. The van der Waals surface area contributed by atoms with Crippen LogP contribution in [0.25, 0.3) is 11.3 Å². The first-order chi connectivity index (χ1) is 17.1. The SMILES string of the molecule is CC[C@@H](C)N(Cc1c(-c2ccccc2)nn(C)c1Oc1ccc(OC)cc1)C[C@@H](O)COC(C)(C)C. The highest BCUT2D eigenvalue weighted by atomic mass is 16.5. The number of aromatic nitrogens is 2. The topological polar surface area (TPSA) is 69.0 Å². The van der Waals surface area contributed by atoms with Gasteiger partial charge in [-0.25, -0.2) is 4.68 Å².